The minimum absolute atomic E-state index is 0. The summed E-state index contributed by atoms with van der Waals surface area (Å²) in [5.41, 5.74) is 1.79. The molecule has 1 aromatic carbocycles. The van der Waals surface area contributed by atoms with Gasteiger partial charge >= 0.3 is 6.03 Å². The summed E-state index contributed by atoms with van der Waals surface area (Å²) in [4.78, 5) is 25.9. The minimum atomic E-state index is -0.0921. The second kappa shape index (κ2) is 11.8. The summed E-state index contributed by atoms with van der Waals surface area (Å²) in [6.45, 7) is 9.36. The molecule has 1 aliphatic rings. The SMILES string of the molecule is CCN(CC)C(=O)Nc1ccc(C(C)NC(=O)CCC2CCNC2)cc1.Cl. The van der Waals surface area contributed by atoms with E-state index in [4.69, 9.17) is 0 Å². The summed E-state index contributed by atoms with van der Waals surface area (Å²) >= 11 is 0. The molecule has 0 spiro atoms. The maximum Gasteiger partial charge on any atom is 0.321 e. The topological polar surface area (TPSA) is 73.5 Å². The van der Waals surface area contributed by atoms with E-state index in [0.717, 1.165) is 30.8 Å². The second-order valence-electron chi connectivity index (χ2n) is 6.91. The van der Waals surface area contributed by atoms with Gasteiger partial charge < -0.3 is 20.9 Å². The Bertz CT molecular complexity index is 584. The van der Waals surface area contributed by atoms with Crippen LogP contribution in [0.2, 0.25) is 0 Å². The van der Waals surface area contributed by atoms with Crippen LogP contribution in [0.25, 0.3) is 0 Å². The number of carbonyl (C=O) groups excluding carboxylic acids is 2. The van der Waals surface area contributed by atoms with Gasteiger partial charge in [0, 0.05) is 25.2 Å². The lowest BCUT2D eigenvalue weighted by Crippen LogP contribution is -2.34. The molecule has 6 nitrogen and oxygen atoms in total. The lowest BCUT2D eigenvalue weighted by atomic mass is 10.0. The zero-order valence-corrected chi connectivity index (χ0v) is 17.4. The first-order chi connectivity index (χ1) is 12.5. The Labute approximate surface area is 168 Å². The van der Waals surface area contributed by atoms with Gasteiger partial charge in [0.25, 0.3) is 0 Å². The number of nitrogens with zero attached hydrogens (tertiary/aromatic N) is 1. The van der Waals surface area contributed by atoms with Gasteiger partial charge in [-0.2, -0.15) is 0 Å². The molecule has 152 valence electrons. The number of urea groups is 1. The quantitative estimate of drug-likeness (QED) is 0.629. The molecule has 0 aromatic heterocycles. The van der Waals surface area contributed by atoms with Crippen molar-refractivity contribution in [2.45, 2.75) is 46.1 Å². The normalized spacial score (nSPS) is 16.9. The van der Waals surface area contributed by atoms with Crippen LogP contribution in [-0.2, 0) is 4.79 Å². The van der Waals surface area contributed by atoms with Crippen molar-refractivity contribution in [1.82, 2.24) is 15.5 Å². The fourth-order valence-corrected chi connectivity index (χ4v) is 3.26. The molecule has 2 atom stereocenters. The van der Waals surface area contributed by atoms with Crippen molar-refractivity contribution >= 4 is 30.0 Å². The zero-order chi connectivity index (χ0) is 18.9. The van der Waals surface area contributed by atoms with Crippen LogP contribution in [0.5, 0.6) is 0 Å². The number of amides is 3. The van der Waals surface area contributed by atoms with E-state index in [1.807, 2.05) is 45.0 Å². The summed E-state index contributed by atoms with van der Waals surface area (Å²) in [6, 6.07) is 7.52. The van der Waals surface area contributed by atoms with E-state index in [-0.39, 0.29) is 30.4 Å². The molecule has 1 aromatic rings. The third kappa shape index (κ3) is 7.39. The first-order valence-corrected chi connectivity index (χ1v) is 9.69. The number of carbonyl (C=O) groups is 2. The van der Waals surface area contributed by atoms with Crippen molar-refractivity contribution in [2.24, 2.45) is 5.92 Å². The summed E-state index contributed by atoms with van der Waals surface area (Å²) in [7, 11) is 0. The van der Waals surface area contributed by atoms with Gasteiger partial charge in [0.1, 0.15) is 0 Å². The molecule has 0 aliphatic carbocycles. The molecule has 0 saturated carbocycles. The second-order valence-corrected chi connectivity index (χ2v) is 6.91. The molecule has 1 heterocycles. The van der Waals surface area contributed by atoms with Gasteiger partial charge in [-0.05, 0) is 70.3 Å². The zero-order valence-electron chi connectivity index (χ0n) is 16.6. The van der Waals surface area contributed by atoms with E-state index in [0.29, 0.717) is 25.4 Å². The van der Waals surface area contributed by atoms with Gasteiger partial charge in [-0.15, -0.1) is 12.4 Å². The molecule has 3 N–H and O–H groups in total. The van der Waals surface area contributed by atoms with Crippen molar-refractivity contribution < 1.29 is 9.59 Å². The molecule has 2 rings (SSSR count). The van der Waals surface area contributed by atoms with E-state index in [1.54, 1.807) is 4.90 Å². The Morgan fingerprint density at radius 3 is 2.44 bits per heavy atom. The van der Waals surface area contributed by atoms with Crippen molar-refractivity contribution in [2.75, 3.05) is 31.5 Å². The van der Waals surface area contributed by atoms with Crippen LogP contribution in [0.4, 0.5) is 10.5 Å². The molecule has 2 unspecified atom stereocenters. The van der Waals surface area contributed by atoms with Crippen LogP contribution in [0, 0.1) is 5.92 Å². The summed E-state index contributed by atoms with van der Waals surface area (Å²) in [5.74, 6) is 0.730. The Morgan fingerprint density at radius 1 is 1.22 bits per heavy atom. The van der Waals surface area contributed by atoms with E-state index < -0.39 is 0 Å². The highest BCUT2D eigenvalue weighted by atomic mass is 35.5. The average molecular weight is 397 g/mol. The molecular formula is C20H33ClN4O2. The first kappa shape index (κ1) is 23.2. The standard InChI is InChI=1S/C20H32N4O2.ClH/c1-4-24(5-2)20(26)23-18-9-7-17(8-10-18)15(3)22-19(25)11-6-16-12-13-21-14-16;/h7-10,15-16,21H,4-6,11-14H2,1-3H3,(H,22,25)(H,23,26);1H. The Kier molecular flexibility index (Phi) is 10.2. The van der Waals surface area contributed by atoms with Gasteiger partial charge in [0.2, 0.25) is 5.91 Å². The van der Waals surface area contributed by atoms with E-state index >= 15 is 0 Å². The lowest BCUT2D eigenvalue weighted by molar-refractivity contribution is -0.122. The van der Waals surface area contributed by atoms with Crippen molar-refractivity contribution in [3.63, 3.8) is 0 Å². The summed E-state index contributed by atoms with van der Waals surface area (Å²) < 4.78 is 0. The number of halogens is 1. The fraction of sp³-hybridized carbons (Fsp3) is 0.600. The van der Waals surface area contributed by atoms with Crippen LogP contribution in [0.15, 0.2) is 24.3 Å². The molecule has 1 fully saturated rings. The molecule has 27 heavy (non-hydrogen) atoms. The van der Waals surface area contributed by atoms with Crippen molar-refractivity contribution in [3.8, 4) is 0 Å². The Morgan fingerprint density at radius 2 is 1.89 bits per heavy atom. The number of nitrogens with one attached hydrogen (secondary N) is 3. The highest BCUT2D eigenvalue weighted by molar-refractivity contribution is 5.89. The van der Waals surface area contributed by atoms with Crippen LogP contribution < -0.4 is 16.0 Å². The Hall–Kier alpha value is -1.79. The molecular weight excluding hydrogens is 364 g/mol. The maximum absolute atomic E-state index is 12.1. The third-order valence-corrected chi connectivity index (χ3v) is 5.03. The molecule has 0 bridgehead atoms. The third-order valence-electron chi connectivity index (χ3n) is 5.03. The molecule has 0 radical (unpaired) electrons. The predicted molar refractivity (Wildman–Crippen MR) is 112 cm³/mol. The van der Waals surface area contributed by atoms with Crippen molar-refractivity contribution in [3.05, 3.63) is 29.8 Å². The number of benzene rings is 1. The summed E-state index contributed by atoms with van der Waals surface area (Å²) in [6.07, 6.45) is 2.69. The largest absolute Gasteiger partial charge is 0.350 e. The van der Waals surface area contributed by atoms with Gasteiger partial charge in [-0.1, -0.05) is 12.1 Å². The highest BCUT2D eigenvalue weighted by Gasteiger charge is 2.17. The van der Waals surface area contributed by atoms with Gasteiger partial charge in [0.15, 0.2) is 0 Å². The summed E-state index contributed by atoms with van der Waals surface area (Å²) in [5, 5.41) is 9.29. The molecule has 1 saturated heterocycles. The molecule has 3 amide bonds. The number of hydrogen-bond donors (Lipinski definition) is 3. The number of anilines is 1. The smallest absolute Gasteiger partial charge is 0.321 e. The predicted octanol–water partition coefficient (Wildman–Crippen LogP) is 3.55. The first-order valence-electron chi connectivity index (χ1n) is 9.69. The van der Waals surface area contributed by atoms with E-state index in [9.17, 15) is 9.59 Å². The van der Waals surface area contributed by atoms with Crippen LogP contribution in [0.3, 0.4) is 0 Å². The van der Waals surface area contributed by atoms with Gasteiger partial charge in [0.05, 0.1) is 6.04 Å². The maximum atomic E-state index is 12.1. The van der Waals surface area contributed by atoms with Gasteiger partial charge in [-0.3, -0.25) is 4.79 Å². The van der Waals surface area contributed by atoms with Gasteiger partial charge in [-0.25, -0.2) is 4.79 Å². The van der Waals surface area contributed by atoms with Crippen LogP contribution in [0.1, 0.15) is 51.6 Å². The number of rotatable bonds is 8. The molecule has 7 heteroatoms. The molecule has 1 aliphatic heterocycles. The number of hydrogen-bond acceptors (Lipinski definition) is 3. The van der Waals surface area contributed by atoms with Crippen LogP contribution >= 0.6 is 12.4 Å². The van der Waals surface area contributed by atoms with E-state index in [2.05, 4.69) is 16.0 Å². The average Bonchev–Trinajstić information content (AvgIpc) is 3.15. The highest BCUT2D eigenvalue weighted by Crippen LogP contribution is 2.18. The monoisotopic (exact) mass is 396 g/mol. The van der Waals surface area contributed by atoms with E-state index in [1.165, 1.54) is 6.42 Å². The minimum Gasteiger partial charge on any atom is -0.350 e. The fourth-order valence-electron chi connectivity index (χ4n) is 3.26. The van der Waals surface area contributed by atoms with Crippen LogP contribution in [-0.4, -0.2) is 43.0 Å². The Balaban J connectivity index is 0.00000364. The lowest BCUT2D eigenvalue weighted by Gasteiger charge is -2.20. The van der Waals surface area contributed by atoms with Crippen molar-refractivity contribution in [1.29, 1.82) is 0 Å².